The minimum atomic E-state index is -3.28. The molecule has 1 aromatic carbocycles. The molecule has 1 aliphatic rings. The minimum Gasteiger partial charge on any atom is -0.317 e. The SMILES string of the molecule is Cc1ccc(NS(=O)(=O)CC2CCNCC2)c(Br)c1. The van der Waals surface area contributed by atoms with Gasteiger partial charge in [-0.2, -0.15) is 0 Å². The molecule has 0 bridgehead atoms. The van der Waals surface area contributed by atoms with Gasteiger partial charge >= 0.3 is 0 Å². The highest BCUT2D eigenvalue weighted by molar-refractivity contribution is 9.10. The summed E-state index contributed by atoms with van der Waals surface area (Å²) < 4.78 is 27.8. The van der Waals surface area contributed by atoms with Crippen LogP contribution in [-0.4, -0.2) is 27.3 Å². The number of sulfonamides is 1. The number of benzene rings is 1. The average Bonchev–Trinajstić information content (AvgIpc) is 2.33. The molecule has 0 amide bonds. The van der Waals surface area contributed by atoms with Crippen molar-refractivity contribution in [2.24, 2.45) is 5.92 Å². The summed E-state index contributed by atoms with van der Waals surface area (Å²) in [6.45, 7) is 3.79. The van der Waals surface area contributed by atoms with Gasteiger partial charge in [0.25, 0.3) is 0 Å². The summed E-state index contributed by atoms with van der Waals surface area (Å²) in [6, 6.07) is 5.59. The normalized spacial score (nSPS) is 17.4. The molecule has 1 aliphatic heterocycles. The first-order chi connectivity index (χ1) is 8.96. The van der Waals surface area contributed by atoms with Gasteiger partial charge in [-0.05, 0) is 72.4 Å². The standard InChI is InChI=1S/C13H19BrN2O2S/c1-10-2-3-13(12(14)8-10)16-19(17,18)9-11-4-6-15-7-5-11/h2-3,8,11,15-16H,4-7,9H2,1H3. The van der Waals surface area contributed by atoms with Crippen LogP contribution in [0.1, 0.15) is 18.4 Å². The van der Waals surface area contributed by atoms with Crippen LogP contribution in [0.3, 0.4) is 0 Å². The summed E-state index contributed by atoms with van der Waals surface area (Å²) in [4.78, 5) is 0. The molecule has 2 rings (SSSR count). The largest absolute Gasteiger partial charge is 0.317 e. The lowest BCUT2D eigenvalue weighted by molar-refractivity contribution is 0.402. The van der Waals surface area contributed by atoms with Gasteiger partial charge < -0.3 is 5.32 Å². The van der Waals surface area contributed by atoms with Gasteiger partial charge in [-0.15, -0.1) is 0 Å². The zero-order chi connectivity index (χ0) is 13.9. The molecule has 0 atom stereocenters. The average molecular weight is 347 g/mol. The van der Waals surface area contributed by atoms with E-state index in [2.05, 4.69) is 26.0 Å². The third-order valence-corrected chi connectivity index (χ3v) is 5.40. The molecule has 1 saturated heterocycles. The number of rotatable bonds is 4. The fourth-order valence-electron chi connectivity index (χ4n) is 2.27. The van der Waals surface area contributed by atoms with E-state index in [0.29, 0.717) is 5.69 Å². The first-order valence-corrected chi connectivity index (χ1v) is 8.88. The Morgan fingerprint density at radius 1 is 1.37 bits per heavy atom. The molecular formula is C13H19BrN2O2S. The minimum absolute atomic E-state index is 0.203. The number of halogens is 1. The Bertz CT molecular complexity index is 540. The molecular weight excluding hydrogens is 328 g/mol. The van der Waals surface area contributed by atoms with Crippen molar-refractivity contribution >= 4 is 31.6 Å². The van der Waals surface area contributed by atoms with Crippen molar-refractivity contribution in [1.29, 1.82) is 0 Å². The fourth-order valence-corrected chi connectivity index (χ4v) is 4.54. The van der Waals surface area contributed by atoms with Gasteiger partial charge in [0, 0.05) is 4.47 Å². The molecule has 0 aliphatic carbocycles. The molecule has 0 unspecified atom stereocenters. The van der Waals surface area contributed by atoms with Gasteiger partial charge in [-0.3, -0.25) is 4.72 Å². The van der Waals surface area contributed by atoms with Gasteiger partial charge in [0.15, 0.2) is 0 Å². The summed E-state index contributed by atoms with van der Waals surface area (Å²) in [5, 5.41) is 3.24. The van der Waals surface area contributed by atoms with Gasteiger partial charge in [0.1, 0.15) is 0 Å². The van der Waals surface area contributed by atoms with E-state index in [4.69, 9.17) is 0 Å². The Kier molecular flexibility index (Phi) is 4.86. The number of nitrogens with one attached hydrogen (secondary N) is 2. The smallest absolute Gasteiger partial charge is 0.233 e. The predicted octanol–water partition coefficient (Wildman–Crippen LogP) is 2.50. The molecule has 1 fully saturated rings. The summed E-state index contributed by atoms with van der Waals surface area (Å²) in [5.41, 5.74) is 1.70. The van der Waals surface area contributed by atoms with Crippen molar-refractivity contribution in [3.63, 3.8) is 0 Å². The first-order valence-electron chi connectivity index (χ1n) is 6.44. The van der Waals surface area contributed by atoms with E-state index in [-0.39, 0.29) is 11.7 Å². The van der Waals surface area contributed by atoms with Crippen LogP contribution in [0.4, 0.5) is 5.69 Å². The third kappa shape index (κ3) is 4.47. The molecule has 2 N–H and O–H groups in total. The number of anilines is 1. The number of piperidine rings is 1. The quantitative estimate of drug-likeness (QED) is 0.880. The van der Waals surface area contributed by atoms with Crippen molar-refractivity contribution in [2.45, 2.75) is 19.8 Å². The Morgan fingerprint density at radius 2 is 2.05 bits per heavy atom. The van der Waals surface area contributed by atoms with Crippen LogP contribution in [0.15, 0.2) is 22.7 Å². The summed E-state index contributed by atoms with van der Waals surface area (Å²) >= 11 is 3.39. The Hall–Kier alpha value is -0.590. The van der Waals surface area contributed by atoms with E-state index in [1.165, 1.54) is 0 Å². The van der Waals surface area contributed by atoms with Gasteiger partial charge in [0.2, 0.25) is 10.0 Å². The van der Waals surface area contributed by atoms with Crippen LogP contribution in [0.25, 0.3) is 0 Å². The number of hydrogen-bond acceptors (Lipinski definition) is 3. The monoisotopic (exact) mass is 346 g/mol. The van der Waals surface area contributed by atoms with Crippen LogP contribution in [-0.2, 0) is 10.0 Å². The van der Waals surface area contributed by atoms with Gasteiger partial charge in [0.05, 0.1) is 11.4 Å². The van der Waals surface area contributed by atoms with Gasteiger partial charge in [-0.1, -0.05) is 6.07 Å². The molecule has 106 valence electrons. The molecule has 0 spiro atoms. The van der Waals surface area contributed by atoms with E-state index in [1.54, 1.807) is 6.07 Å². The van der Waals surface area contributed by atoms with E-state index in [1.807, 2.05) is 19.1 Å². The molecule has 19 heavy (non-hydrogen) atoms. The zero-order valence-electron chi connectivity index (χ0n) is 10.9. The van der Waals surface area contributed by atoms with E-state index < -0.39 is 10.0 Å². The van der Waals surface area contributed by atoms with Crippen molar-refractivity contribution in [1.82, 2.24) is 5.32 Å². The molecule has 0 radical (unpaired) electrons. The van der Waals surface area contributed by atoms with Crippen LogP contribution in [0.5, 0.6) is 0 Å². The fraction of sp³-hybridized carbons (Fsp3) is 0.538. The van der Waals surface area contributed by atoms with Gasteiger partial charge in [-0.25, -0.2) is 8.42 Å². The Morgan fingerprint density at radius 3 is 2.68 bits per heavy atom. The Labute approximate surface area is 123 Å². The molecule has 1 aromatic rings. The van der Waals surface area contributed by atoms with Crippen molar-refractivity contribution in [3.8, 4) is 0 Å². The summed E-state index contributed by atoms with van der Waals surface area (Å²) in [7, 11) is -3.28. The second-order valence-corrected chi connectivity index (χ2v) is 7.68. The molecule has 0 aromatic heterocycles. The molecule has 1 heterocycles. The maximum atomic E-state index is 12.2. The van der Waals surface area contributed by atoms with Crippen LogP contribution in [0.2, 0.25) is 0 Å². The summed E-state index contributed by atoms with van der Waals surface area (Å²) in [6.07, 6.45) is 1.85. The second-order valence-electron chi connectivity index (χ2n) is 5.06. The summed E-state index contributed by atoms with van der Waals surface area (Å²) in [5.74, 6) is 0.456. The number of hydrogen-bond donors (Lipinski definition) is 2. The molecule has 6 heteroatoms. The van der Waals surface area contributed by atoms with Crippen LogP contribution < -0.4 is 10.0 Å². The second kappa shape index (κ2) is 6.24. The third-order valence-electron chi connectivity index (χ3n) is 3.30. The lowest BCUT2D eigenvalue weighted by Gasteiger charge is -2.22. The highest BCUT2D eigenvalue weighted by Gasteiger charge is 2.21. The topological polar surface area (TPSA) is 58.2 Å². The molecule has 0 saturated carbocycles. The van der Waals surface area contributed by atoms with Crippen LogP contribution >= 0.6 is 15.9 Å². The number of aryl methyl sites for hydroxylation is 1. The lowest BCUT2D eigenvalue weighted by atomic mass is 10.0. The maximum absolute atomic E-state index is 12.2. The first kappa shape index (κ1) is 14.8. The highest BCUT2D eigenvalue weighted by atomic mass is 79.9. The Balaban J connectivity index is 2.03. The van der Waals surface area contributed by atoms with Crippen LogP contribution in [0, 0.1) is 12.8 Å². The van der Waals surface area contributed by atoms with E-state index in [0.717, 1.165) is 36.0 Å². The van der Waals surface area contributed by atoms with E-state index >= 15 is 0 Å². The van der Waals surface area contributed by atoms with Crippen molar-refractivity contribution in [3.05, 3.63) is 28.2 Å². The highest BCUT2D eigenvalue weighted by Crippen LogP contribution is 2.25. The lowest BCUT2D eigenvalue weighted by Crippen LogP contribution is -2.33. The van der Waals surface area contributed by atoms with Crippen molar-refractivity contribution in [2.75, 3.05) is 23.6 Å². The van der Waals surface area contributed by atoms with E-state index in [9.17, 15) is 8.42 Å². The van der Waals surface area contributed by atoms with Crippen molar-refractivity contribution < 1.29 is 8.42 Å². The maximum Gasteiger partial charge on any atom is 0.233 e. The molecule has 4 nitrogen and oxygen atoms in total. The zero-order valence-corrected chi connectivity index (χ0v) is 13.4. The predicted molar refractivity (Wildman–Crippen MR) is 81.9 cm³/mol.